The van der Waals surface area contributed by atoms with Crippen molar-refractivity contribution >= 4 is 11.6 Å². The van der Waals surface area contributed by atoms with Gasteiger partial charge in [-0.3, -0.25) is 4.98 Å². The van der Waals surface area contributed by atoms with Gasteiger partial charge in [-0.1, -0.05) is 6.07 Å². The molecule has 0 atom stereocenters. The van der Waals surface area contributed by atoms with E-state index < -0.39 is 0 Å². The monoisotopic (exact) mass is 229 g/mol. The van der Waals surface area contributed by atoms with Crippen LogP contribution in [0, 0.1) is 6.92 Å². The third-order valence-corrected chi connectivity index (χ3v) is 2.27. The molecule has 3 N–H and O–H groups in total. The van der Waals surface area contributed by atoms with Gasteiger partial charge in [0.2, 0.25) is 0 Å². The van der Waals surface area contributed by atoms with E-state index in [1.165, 1.54) is 0 Å². The highest BCUT2D eigenvalue weighted by Crippen LogP contribution is 2.07. The molecule has 88 valence electrons. The molecule has 0 unspecified atom stereocenters. The van der Waals surface area contributed by atoms with Crippen LogP contribution in [0.15, 0.2) is 30.5 Å². The van der Waals surface area contributed by atoms with Gasteiger partial charge in [0.05, 0.1) is 0 Å². The van der Waals surface area contributed by atoms with Gasteiger partial charge >= 0.3 is 0 Å². The van der Waals surface area contributed by atoms with Crippen LogP contribution >= 0.6 is 0 Å². The van der Waals surface area contributed by atoms with Crippen molar-refractivity contribution in [2.75, 3.05) is 17.6 Å². The lowest BCUT2D eigenvalue weighted by molar-refractivity contribution is 0.945. The van der Waals surface area contributed by atoms with Gasteiger partial charge < -0.3 is 11.1 Å². The summed E-state index contributed by atoms with van der Waals surface area (Å²) in [7, 11) is 0. The zero-order valence-corrected chi connectivity index (χ0v) is 9.72. The van der Waals surface area contributed by atoms with Gasteiger partial charge in [-0.15, -0.1) is 0 Å². The molecular formula is C12H15N5. The Morgan fingerprint density at radius 3 is 2.88 bits per heavy atom. The molecule has 2 heterocycles. The molecule has 0 aliphatic carbocycles. The van der Waals surface area contributed by atoms with Gasteiger partial charge in [-0.2, -0.15) is 0 Å². The van der Waals surface area contributed by atoms with Crippen LogP contribution in [-0.4, -0.2) is 21.5 Å². The first-order valence-corrected chi connectivity index (χ1v) is 5.49. The van der Waals surface area contributed by atoms with Gasteiger partial charge in [0, 0.05) is 30.9 Å². The number of nitrogen functional groups attached to an aromatic ring is 1. The number of hydrogen-bond donors (Lipinski definition) is 2. The lowest BCUT2D eigenvalue weighted by Crippen LogP contribution is -2.09. The maximum Gasteiger partial charge on any atom is 0.131 e. The third-order valence-electron chi connectivity index (χ3n) is 2.27. The predicted molar refractivity (Wildman–Crippen MR) is 67.6 cm³/mol. The minimum atomic E-state index is 0.484. The molecule has 0 bridgehead atoms. The molecule has 5 nitrogen and oxygen atoms in total. The number of hydrogen-bond acceptors (Lipinski definition) is 5. The second kappa shape index (κ2) is 5.25. The van der Waals surface area contributed by atoms with E-state index in [0.717, 1.165) is 24.5 Å². The molecule has 0 radical (unpaired) electrons. The van der Waals surface area contributed by atoms with E-state index in [-0.39, 0.29) is 0 Å². The lowest BCUT2D eigenvalue weighted by Gasteiger charge is -2.06. The SMILES string of the molecule is Cc1nc(N)cc(NCCc2ccccn2)n1. The van der Waals surface area contributed by atoms with Crippen molar-refractivity contribution in [3.8, 4) is 0 Å². The lowest BCUT2D eigenvalue weighted by atomic mass is 10.3. The number of nitrogens with two attached hydrogens (primary N) is 1. The van der Waals surface area contributed by atoms with E-state index in [4.69, 9.17) is 5.73 Å². The number of anilines is 2. The van der Waals surface area contributed by atoms with Gasteiger partial charge in [-0.05, 0) is 19.1 Å². The van der Waals surface area contributed by atoms with E-state index in [1.807, 2.05) is 25.1 Å². The fraction of sp³-hybridized carbons (Fsp3) is 0.250. The fourth-order valence-corrected chi connectivity index (χ4v) is 1.55. The molecule has 0 saturated carbocycles. The molecule has 0 aromatic carbocycles. The van der Waals surface area contributed by atoms with Crippen LogP contribution in [0.2, 0.25) is 0 Å². The minimum Gasteiger partial charge on any atom is -0.384 e. The normalized spacial score (nSPS) is 10.2. The Morgan fingerprint density at radius 2 is 2.18 bits per heavy atom. The smallest absolute Gasteiger partial charge is 0.131 e. The quantitative estimate of drug-likeness (QED) is 0.829. The first-order chi connectivity index (χ1) is 8.24. The van der Waals surface area contributed by atoms with Crippen LogP contribution in [0.3, 0.4) is 0 Å². The van der Waals surface area contributed by atoms with Crippen molar-refractivity contribution in [3.63, 3.8) is 0 Å². The topological polar surface area (TPSA) is 76.7 Å². The van der Waals surface area contributed by atoms with Crippen molar-refractivity contribution in [3.05, 3.63) is 42.0 Å². The molecule has 2 aromatic heterocycles. The Bertz CT molecular complexity index is 463. The predicted octanol–water partition coefficient (Wildman–Crippen LogP) is 1.42. The molecule has 0 spiro atoms. The fourth-order valence-electron chi connectivity index (χ4n) is 1.55. The number of nitrogens with one attached hydrogen (secondary N) is 1. The molecule has 0 fully saturated rings. The zero-order chi connectivity index (χ0) is 12.1. The summed E-state index contributed by atoms with van der Waals surface area (Å²) in [5.74, 6) is 1.91. The molecule has 2 rings (SSSR count). The number of nitrogens with zero attached hydrogens (tertiary/aromatic N) is 3. The molecule has 5 heteroatoms. The van der Waals surface area contributed by atoms with Crippen LogP contribution in [0.25, 0.3) is 0 Å². The maximum atomic E-state index is 5.64. The van der Waals surface area contributed by atoms with E-state index in [1.54, 1.807) is 12.3 Å². The van der Waals surface area contributed by atoms with E-state index >= 15 is 0 Å². The molecule has 0 amide bonds. The van der Waals surface area contributed by atoms with Gasteiger partial charge in [-0.25, -0.2) is 9.97 Å². The summed E-state index contributed by atoms with van der Waals surface area (Å²) >= 11 is 0. The molecule has 2 aromatic rings. The number of aryl methyl sites for hydroxylation is 1. The van der Waals surface area contributed by atoms with Gasteiger partial charge in [0.1, 0.15) is 17.5 Å². The molecule has 0 saturated heterocycles. The van der Waals surface area contributed by atoms with Gasteiger partial charge in [0.15, 0.2) is 0 Å². The van der Waals surface area contributed by atoms with Crippen LogP contribution in [0.4, 0.5) is 11.6 Å². The summed E-state index contributed by atoms with van der Waals surface area (Å²) in [6.07, 6.45) is 2.64. The Morgan fingerprint density at radius 1 is 1.29 bits per heavy atom. The second-order valence-electron chi connectivity index (χ2n) is 3.72. The zero-order valence-electron chi connectivity index (χ0n) is 9.72. The van der Waals surface area contributed by atoms with Crippen molar-refractivity contribution in [1.82, 2.24) is 15.0 Å². The largest absolute Gasteiger partial charge is 0.384 e. The highest BCUT2D eigenvalue weighted by atomic mass is 15.0. The first kappa shape index (κ1) is 11.3. The Labute approximate surface area is 100 Å². The molecule has 0 aliphatic heterocycles. The molecular weight excluding hydrogens is 214 g/mol. The summed E-state index contributed by atoms with van der Waals surface area (Å²) < 4.78 is 0. The first-order valence-electron chi connectivity index (χ1n) is 5.49. The molecule has 17 heavy (non-hydrogen) atoms. The summed E-state index contributed by atoms with van der Waals surface area (Å²) in [4.78, 5) is 12.5. The summed E-state index contributed by atoms with van der Waals surface area (Å²) in [6.45, 7) is 2.59. The standard InChI is InChI=1S/C12H15N5/c1-9-16-11(13)8-12(17-9)15-7-5-10-4-2-3-6-14-10/h2-4,6,8H,5,7H2,1H3,(H3,13,15,16,17). The minimum absolute atomic E-state index is 0.484. The van der Waals surface area contributed by atoms with Crippen molar-refractivity contribution in [2.24, 2.45) is 0 Å². The average molecular weight is 229 g/mol. The summed E-state index contributed by atoms with van der Waals surface area (Å²) in [5, 5.41) is 3.20. The Balaban J connectivity index is 1.90. The number of rotatable bonds is 4. The van der Waals surface area contributed by atoms with Crippen molar-refractivity contribution < 1.29 is 0 Å². The van der Waals surface area contributed by atoms with Gasteiger partial charge in [0.25, 0.3) is 0 Å². The molecule has 0 aliphatic rings. The number of aromatic nitrogens is 3. The third kappa shape index (κ3) is 3.41. The van der Waals surface area contributed by atoms with Crippen LogP contribution < -0.4 is 11.1 Å². The van der Waals surface area contributed by atoms with E-state index in [9.17, 15) is 0 Å². The van der Waals surface area contributed by atoms with Crippen molar-refractivity contribution in [1.29, 1.82) is 0 Å². The van der Waals surface area contributed by atoms with E-state index in [0.29, 0.717) is 11.6 Å². The maximum absolute atomic E-state index is 5.64. The van der Waals surface area contributed by atoms with Crippen LogP contribution in [0.5, 0.6) is 0 Å². The summed E-state index contributed by atoms with van der Waals surface area (Å²) in [5.41, 5.74) is 6.69. The number of pyridine rings is 1. The highest BCUT2D eigenvalue weighted by molar-refractivity contribution is 5.44. The Kier molecular flexibility index (Phi) is 3.49. The Hall–Kier alpha value is -2.17. The van der Waals surface area contributed by atoms with Crippen molar-refractivity contribution in [2.45, 2.75) is 13.3 Å². The van der Waals surface area contributed by atoms with Crippen LogP contribution in [-0.2, 0) is 6.42 Å². The van der Waals surface area contributed by atoms with E-state index in [2.05, 4.69) is 20.3 Å². The average Bonchev–Trinajstić information content (AvgIpc) is 2.29. The summed E-state index contributed by atoms with van der Waals surface area (Å²) in [6, 6.07) is 7.62. The second-order valence-corrected chi connectivity index (χ2v) is 3.72. The highest BCUT2D eigenvalue weighted by Gasteiger charge is 1.99. The van der Waals surface area contributed by atoms with Crippen LogP contribution in [0.1, 0.15) is 11.5 Å².